The number of carbonyl (C=O) groups excluding carboxylic acids is 1. The minimum Gasteiger partial charge on any atom is -0.379 e. The monoisotopic (exact) mass is 319 g/mol. The maximum Gasteiger partial charge on any atom is 0.269 e. The van der Waals surface area contributed by atoms with Gasteiger partial charge in [-0.05, 0) is 25.6 Å². The SMILES string of the molecule is CCN1CCN(C(=O)C2(C)CC(c3cccc(F)c3)=NO2)CC1. The zero-order valence-corrected chi connectivity index (χ0v) is 13.6. The van der Waals surface area contributed by atoms with Crippen molar-refractivity contribution in [2.45, 2.75) is 25.9 Å². The van der Waals surface area contributed by atoms with Gasteiger partial charge in [-0.1, -0.05) is 24.2 Å². The molecule has 2 heterocycles. The third-order valence-electron chi connectivity index (χ3n) is 4.58. The lowest BCUT2D eigenvalue weighted by atomic mass is 9.94. The number of hydrogen-bond donors (Lipinski definition) is 0. The van der Waals surface area contributed by atoms with Crippen LogP contribution in [0.4, 0.5) is 4.39 Å². The molecule has 23 heavy (non-hydrogen) atoms. The maximum atomic E-state index is 13.4. The number of amides is 1. The summed E-state index contributed by atoms with van der Waals surface area (Å²) in [7, 11) is 0. The van der Waals surface area contributed by atoms with Crippen LogP contribution in [0.15, 0.2) is 29.4 Å². The Kier molecular flexibility index (Phi) is 4.35. The molecule has 1 saturated heterocycles. The number of piperazine rings is 1. The van der Waals surface area contributed by atoms with E-state index in [9.17, 15) is 9.18 Å². The molecule has 1 fully saturated rings. The first-order valence-corrected chi connectivity index (χ1v) is 8.04. The second-order valence-electron chi connectivity index (χ2n) is 6.27. The smallest absolute Gasteiger partial charge is 0.269 e. The second kappa shape index (κ2) is 6.28. The van der Waals surface area contributed by atoms with Crippen LogP contribution in [0.3, 0.4) is 0 Å². The normalized spacial score (nSPS) is 25.2. The highest BCUT2D eigenvalue weighted by Crippen LogP contribution is 2.29. The zero-order valence-electron chi connectivity index (χ0n) is 13.6. The number of hydrogen-bond acceptors (Lipinski definition) is 4. The molecule has 0 spiro atoms. The van der Waals surface area contributed by atoms with Crippen molar-refractivity contribution in [3.63, 3.8) is 0 Å². The number of halogens is 1. The Hall–Kier alpha value is -1.95. The summed E-state index contributed by atoms with van der Waals surface area (Å²) >= 11 is 0. The highest BCUT2D eigenvalue weighted by atomic mass is 19.1. The van der Waals surface area contributed by atoms with Gasteiger partial charge in [0.1, 0.15) is 5.82 Å². The average molecular weight is 319 g/mol. The third kappa shape index (κ3) is 3.22. The van der Waals surface area contributed by atoms with Crippen molar-refractivity contribution in [2.75, 3.05) is 32.7 Å². The summed E-state index contributed by atoms with van der Waals surface area (Å²) in [5.41, 5.74) is 0.292. The number of rotatable bonds is 3. The van der Waals surface area contributed by atoms with Crippen LogP contribution in [-0.2, 0) is 9.63 Å². The highest BCUT2D eigenvalue weighted by Gasteiger charge is 2.45. The second-order valence-corrected chi connectivity index (χ2v) is 6.27. The summed E-state index contributed by atoms with van der Waals surface area (Å²) in [6.45, 7) is 8.08. The van der Waals surface area contributed by atoms with Crippen LogP contribution in [-0.4, -0.2) is 59.7 Å². The lowest BCUT2D eigenvalue weighted by molar-refractivity contribution is -0.155. The molecule has 0 bridgehead atoms. The Morgan fingerprint density at radius 2 is 2.09 bits per heavy atom. The predicted octanol–water partition coefficient (Wildman–Crippen LogP) is 1.87. The van der Waals surface area contributed by atoms with Crippen molar-refractivity contribution in [1.29, 1.82) is 0 Å². The Morgan fingerprint density at radius 3 is 2.74 bits per heavy atom. The first-order valence-electron chi connectivity index (χ1n) is 8.04. The molecule has 3 rings (SSSR count). The van der Waals surface area contributed by atoms with Gasteiger partial charge in [-0.25, -0.2) is 4.39 Å². The van der Waals surface area contributed by atoms with Gasteiger partial charge in [0.15, 0.2) is 0 Å². The Balaban J connectivity index is 1.66. The van der Waals surface area contributed by atoms with E-state index in [0.717, 1.165) is 19.6 Å². The molecule has 2 aliphatic rings. The van der Waals surface area contributed by atoms with Gasteiger partial charge in [0.05, 0.1) is 5.71 Å². The van der Waals surface area contributed by atoms with Crippen molar-refractivity contribution in [2.24, 2.45) is 5.16 Å². The molecule has 0 aliphatic carbocycles. The number of oxime groups is 1. The molecule has 0 N–H and O–H groups in total. The molecule has 124 valence electrons. The summed E-state index contributed by atoms with van der Waals surface area (Å²) in [6.07, 6.45) is 0.364. The number of carbonyl (C=O) groups is 1. The fourth-order valence-corrected chi connectivity index (χ4v) is 3.08. The van der Waals surface area contributed by atoms with Crippen LogP contribution < -0.4 is 0 Å². The minimum atomic E-state index is -0.990. The van der Waals surface area contributed by atoms with Crippen molar-refractivity contribution >= 4 is 11.6 Å². The van der Waals surface area contributed by atoms with E-state index in [-0.39, 0.29) is 11.7 Å². The van der Waals surface area contributed by atoms with Gasteiger partial charge in [0.25, 0.3) is 5.91 Å². The predicted molar refractivity (Wildman–Crippen MR) is 85.7 cm³/mol. The fourth-order valence-electron chi connectivity index (χ4n) is 3.08. The third-order valence-corrected chi connectivity index (χ3v) is 4.58. The van der Waals surface area contributed by atoms with Gasteiger partial charge < -0.3 is 14.6 Å². The van der Waals surface area contributed by atoms with Crippen molar-refractivity contribution in [3.05, 3.63) is 35.6 Å². The number of nitrogens with zero attached hydrogens (tertiary/aromatic N) is 3. The molecule has 0 aromatic heterocycles. The lowest BCUT2D eigenvalue weighted by Gasteiger charge is -2.37. The van der Waals surface area contributed by atoms with Crippen molar-refractivity contribution in [3.8, 4) is 0 Å². The summed E-state index contributed by atoms with van der Waals surface area (Å²) < 4.78 is 13.4. The molecule has 0 radical (unpaired) electrons. The molecule has 5 nitrogen and oxygen atoms in total. The van der Waals surface area contributed by atoms with Crippen molar-refractivity contribution in [1.82, 2.24) is 9.80 Å². The summed E-state index contributed by atoms with van der Waals surface area (Å²) in [4.78, 5) is 22.4. The first-order chi connectivity index (χ1) is 11.0. The van der Waals surface area contributed by atoms with Crippen LogP contribution >= 0.6 is 0 Å². The van der Waals surface area contributed by atoms with E-state index in [1.165, 1.54) is 12.1 Å². The number of benzene rings is 1. The van der Waals surface area contributed by atoms with Crippen LogP contribution in [0.2, 0.25) is 0 Å². The van der Waals surface area contributed by atoms with Crippen LogP contribution in [0.5, 0.6) is 0 Å². The van der Waals surface area contributed by atoms with E-state index in [1.54, 1.807) is 19.1 Å². The van der Waals surface area contributed by atoms with Crippen LogP contribution in [0, 0.1) is 5.82 Å². The highest BCUT2D eigenvalue weighted by molar-refractivity contribution is 6.05. The fraction of sp³-hybridized carbons (Fsp3) is 0.529. The van der Waals surface area contributed by atoms with E-state index >= 15 is 0 Å². The molecule has 1 atom stereocenters. The van der Waals surface area contributed by atoms with Crippen LogP contribution in [0.1, 0.15) is 25.8 Å². The Labute approximate surface area is 135 Å². The topological polar surface area (TPSA) is 45.1 Å². The van der Waals surface area contributed by atoms with E-state index in [1.807, 2.05) is 4.90 Å². The molecule has 2 aliphatic heterocycles. The van der Waals surface area contributed by atoms with E-state index in [4.69, 9.17) is 4.84 Å². The van der Waals surface area contributed by atoms with Gasteiger partial charge in [0.2, 0.25) is 5.60 Å². The largest absolute Gasteiger partial charge is 0.379 e. The minimum absolute atomic E-state index is 0.0385. The molecular weight excluding hydrogens is 297 g/mol. The van der Waals surface area contributed by atoms with Gasteiger partial charge in [0, 0.05) is 38.2 Å². The lowest BCUT2D eigenvalue weighted by Crippen LogP contribution is -2.54. The van der Waals surface area contributed by atoms with Gasteiger partial charge in [-0.2, -0.15) is 0 Å². The molecule has 1 unspecified atom stereocenters. The van der Waals surface area contributed by atoms with E-state index in [2.05, 4.69) is 17.0 Å². The molecule has 1 amide bonds. The van der Waals surface area contributed by atoms with Gasteiger partial charge in [-0.15, -0.1) is 0 Å². The molecule has 0 saturated carbocycles. The first kappa shape index (κ1) is 15.9. The summed E-state index contributed by atoms with van der Waals surface area (Å²) in [6, 6.07) is 6.21. The van der Waals surface area contributed by atoms with Gasteiger partial charge >= 0.3 is 0 Å². The summed E-state index contributed by atoms with van der Waals surface area (Å²) in [5, 5.41) is 4.04. The Bertz CT molecular complexity index is 626. The van der Waals surface area contributed by atoms with E-state index in [0.29, 0.717) is 30.8 Å². The molecule has 1 aromatic rings. The summed E-state index contributed by atoms with van der Waals surface area (Å²) in [5.74, 6) is -0.357. The quantitative estimate of drug-likeness (QED) is 0.854. The maximum absolute atomic E-state index is 13.4. The van der Waals surface area contributed by atoms with Gasteiger partial charge in [-0.3, -0.25) is 4.79 Å². The van der Waals surface area contributed by atoms with Crippen LogP contribution in [0.25, 0.3) is 0 Å². The molecule has 1 aromatic carbocycles. The molecular formula is C17H22FN3O2. The van der Waals surface area contributed by atoms with E-state index < -0.39 is 5.60 Å². The average Bonchev–Trinajstić information content (AvgIpc) is 2.98. The Morgan fingerprint density at radius 1 is 1.35 bits per heavy atom. The standard InChI is InChI=1S/C17H22FN3O2/c1-3-20-7-9-21(10-8-20)16(22)17(2)12-15(19-23-17)13-5-4-6-14(18)11-13/h4-6,11H,3,7-10,12H2,1-2H3. The number of likely N-dealkylation sites (N-methyl/N-ethyl adjacent to an activating group) is 1. The molecule has 6 heteroatoms. The van der Waals surface area contributed by atoms with Crippen molar-refractivity contribution < 1.29 is 14.0 Å². The zero-order chi connectivity index (χ0) is 16.4.